The molecule has 1 heterocycles. The first-order chi connectivity index (χ1) is 11.3. The Labute approximate surface area is 140 Å². The topological polar surface area (TPSA) is 90.7 Å². The molecule has 0 aliphatic carbocycles. The summed E-state index contributed by atoms with van der Waals surface area (Å²) in [5.74, 6) is 0.468. The summed E-state index contributed by atoms with van der Waals surface area (Å²) >= 11 is 0. The number of benzene rings is 1. The predicted molar refractivity (Wildman–Crippen MR) is 87.4 cm³/mol. The number of hydrogen-bond acceptors (Lipinski definition) is 6. The van der Waals surface area contributed by atoms with Gasteiger partial charge in [-0.1, -0.05) is 6.07 Å². The number of carbonyl (C=O) groups excluding carboxylic acids is 2. The molecule has 0 saturated carbocycles. The third-order valence-corrected chi connectivity index (χ3v) is 3.01. The highest BCUT2D eigenvalue weighted by molar-refractivity contribution is 5.96. The van der Waals surface area contributed by atoms with Gasteiger partial charge in [-0.3, -0.25) is 10.1 Å². The molecule has 128 valence electrons. The molecule has 2 aromatic rings. The van der Waals surface area contributed by atoms with Crippen LogP contribution in [0.1, 0.15) is 36.9 Å². The van der Waals surface area contributed by atoms with E-state index in [0.717, 1.165) is 0 Å². The Morgan fingerprint density at radius 1 is 1.29 bits per heavy atom. The Balaban J connectivity index is 2.21. The lowest BCUT2D eigenvalue weighted by molar-refractivity contribution is 0.0635. The van der Waals surface area contributed by atoms with Crippen molar-refractivity contribution in [1.82, 2.24) is 4.98 Å². The predicted octanol–water partition coefficient (Wildman–Crippen LogP) is 3.46. The van der Waals surface area contributed by atoms with Crippen LogP contribution in [0.2, 0.25) is 0 Å². The maximum absolute atomic E-state index is 12.2. The van der Waals surface area contributed by atoms with E-state index in [-0.39, 0.29) is 18.0 Å². The normalized spacial score (nSPS) is 11.0. The molecular formula is C17H20N2O5. The van der Waals surface area contributed by atoms with Gasteiger partial charge in [0.1, 0.15) is 11.4 Å². The standard InChI is InChI=1S/C17H20N2O5/c1-17(2,3)24-16(21)19-13-8-12(22-4)6-5-11(13)7-14(20)15-9-18-10-23-15/h5-6,8-10H,7H2,1-4H3,(H,19,21). The lowest BCUT2D eigenvalue weighted by Crippen LogP contribution is -2.27. The largest absolute Gasteiger partial charge is 0.497 e. The van der Waals surface area contributed by atoms with E-state index in [9.17, 15) is 9.59 Å². The summed E-state index contributed by atoms with van der Waals surface area (Å²) in [5.41, 5.74) is 0.429. The van der Waals surface area contributed by atoms with E-state index in [1.54, 1.807) is 39.0 Å². The SMILES string of the molecule is COc1ccc(CC(=O)c2cnco2)c(NC(=O)OC(C)(C)C)c1. The van der Waals surface area contributed by atoms with Crippen LogP contribution in [-0.2, 0) is 11.2 Å². The summed E-state index contributed by atoms with van der Waals surface area (Å²) in [5, 5.41) is 2.65. The fourth-order valence-corrected chi connectivity index (χ4v) is 1.98. The second-order valence-electron chi connectivity index (χ2n) is 6.12. The van der Waals surface area contributed by atoms with Gasteiger partial charge in [0, 0.05) is 12.5 Å². The Hall–Kier alpha value is -2.83. The Morgan fingerprint density at radius 3 is 2.62 bits per heavy atom. The molecule has 0 radical (unpaired) electrons. The summed E-state index contributed by atoms with van der Waals surface area (Å²) in [6.45, 7) is 5.31. The van der Waals surface area contributed by atoms with E-state index in [2.05, 4.69) is 10.3 Å². The minimum absolute atomic E-state index is 0.0460. The molecular weight excluding hydrogens is 312 g/mol. The number of Topliss-reactive ketones (excluding diaryl/α,β-unsaturated/α-hetero) is 1. The molecule has 1 amide bonds. The molecule has 0 atom stereocenters. The highest BCUT2D eigenvalue weighted by Gasteiger charge is 2.19. The van der Waals surface area contributed by atoms with Gasteiger partial charge in [0.15, 0.2) is 12.2 Å². The third-order valence-electron chi connectivity index (χ3n) is 3.01. The van der Waals surface area contributed by atoms with Crippen molar-refractivity contribution in [2.45, 2.75) is 32.8 Å². The molecule has 24 heavy (non-hydrogen) atoms. The monoisotopic (exact) mass is 332 g/mol. The van der Waals surface area contributed by atoms with Crippen molar-refractivity contribution >= 4 is 17.6 Å². The van der Waals surface area contributed by atoms with Crippen LogP contribution >= 0.6 is 0 Å². The highest BCUT2D eigenvalue weighted by Crippen LogP contribution is 2.25. The van der Waals surface area contributed by atoms with Gasteiger partial charge >= 0.3 is 6.09 Å². The number of ketones is 1. The van der Waals surface area contributed by atoms with Crippen molar-refractivity contribution in [3.63, 3.8) is 0 Å². The van der Waals surface area contributed by atoms with Gasteiger partial charge in [0.2, 0.25) is 5.78 Å². The number of anilines is 1. The number of ether oxygens (including phenoxy) is 2. The van der Waals surface area contributed by atoms with Gasteiger partial charge in [0.25, 0.3) is 0 Å². The first-order valence-electron chi connectivity index (χ1n) is 7.37. The molecule has 0 aliphatic rings. The molecule has 0 saturated heterocycles. The molecule has 1 aromatic heterocycles. The molecule has 7 heteroatoms. The van der Waals surface area contributed by atoms with Gasteiger partial charge in [-0.05, 0) is 32.4 Å². The maximum atomic E-state index is 12.2. The van der Waals surface area contributed by atoms with Crippen LogP contribution in [0.5, 0.6) is 5.75 Å². The summed E-state index contributed by atoms with van der Waals surface area (Å²) in [4.78, 5) is 27.9. The van der Waals surface area contributed by atoms with Crippen LogP contribution in [-0.4, -0.2) is 29.6 Å². The van der Waals surface area contributed by atoms with E-state index >= 15 is 0 Å². The molecule has 0 bridgehead atoms. The first-order valence-corrected chi connectivity index (χ1v) is 7.37. The van der Waals surface area contributed by atoms with Crippen molar-refractivity contribution in [3.05, 3.63) is 42.1 Å². The molecule has 0 unspecified atom stereocenters. The number of nitrogens with zero attached hydrogens (tertiary/aromatic N) is 1. The first kappa shape index (κ1) is 17.5. The Bertz CT molecular complexity index is 717. The van der Waals surface area contributed by atoms with Gasteiger partial charge in [0.05, 0.1) is 19.0 Å². The van der Waals surface area contributed by atoms with Crippen LogP contribution < -0.4 is 10.1 Å². The van der Waals surface area contributed by atoms with Crippen molar-refractivity contribution in [3.8, 4) is 5.75 Å². The number of methoxy groups -OCH3 is 1. The average molecular weight is 332 g/mol. The molecule has 0 aliphatic heterocycles. The number of aromatic nitrogens is 1. The molecule has 0 fully saturated rings. The van der Waals surface area contributed by atoms with Crippen LogP contribution in [0.15, 0.2) is 35.2 Å². The fraction of sp³-hybridized carbons (Fsp3) is 0.353. The quantitative estimate of drug-likeness (QED) is 0.843. The lowest BCUT2D eigenvalue weighted by Gasteiger charge is -2.20. The third kappa shape index (κ3) is 4.84. The van der Waals surface area contributed by atoms with Crippen LogP contribution in [0.25, 0.3) is 0 Å². The Morgan fingerprint density at radius 2 is 2.04 bits per heavy atom. The van der Waals surface area contributed by atoms with Gasteiger partial charge in [-0.15, -0.1) is 0 Å². The van der Waals surface area contributed by atoms with E-state index in [4.69, 9.17) is 13.9 Å². The maximum Gasteiger partial charge on any atom is 0.412 e. The van der Waals surface area contributed by atoms with Crippen molar-refractivity contribution in [2.75, 3.05) is 12.4 Å². The van der Waals surface area contributed by atoms with Crippen molar-refractivity contribution in [1.29, 1.82) is 0 Å². The van der Waals surface area contributed by atoms with E-state index in [1.165, 1.54) is 19.7 Å². The lowest BCUT2D eigenvalue weighted by atomic mass is 10.1. The minimum Gasteiger partial charge on any atom is -0.497 e. The molecule has 2 rings (SSSR count). The van der Waals surface area contributed by atoms with Crippen LogP contribution in [0.4, 0.5) is 10.5 Å². The highest BCUT2D eigenvalue weighted by atomic mass is 16.6. The van der Waals surface area contributed by atoms with E-state index in [1.807, 2.05) is 0 Å². The summed E-state index contributed by atoms with van der Waals surface area (Å²) in [6, 6.07) is 5.05. The smallest absolute Gasteiger partial charge is 0.412 e. The van der Waals surface area contributed by atoms with Gasteiger partial charge in [-0.2, -0.15) is 0 Å². The number of amides is 1. The molecule has 1 N–H and O–H groups in total. The number of rotatable bonds is 5. The Kier molecular flexibility index (Phi) is 5.23. The average Bonchev–Trinajstić information content (AvgIpc) is 3.01. The second-order valence-corrected chi connectivity index (χ2v) is 6.12. The molecule has 0 spiro atoms. The van der Waals surface area contributed by atoms with Crippen molar-refractivity contribution < 1.29 is 23.5 Å². The number of oxazole rings is 1. The fourth-order valence-electron chi connectivity index (χ4n) is 1.98. The molecule has 1 aromatic carbocycles. The number of carbonyl (C=O) groups is 2. The van der Waals surface area contributed by atoms with Crippen molar-refractivity contribution in [2.24, 2.45) is 0 Å². The van der Waals surface area contributed by atoms with Gasteiger partial charge < -0.3 is 13.9 Å². The summed E-state index contributed by atoms with van der Waals surface area (Å²) in [7, 11) is 1.52. The van der Waals surface area contributed by atoms with Gasteiger partial charge in [-0.25, -0.2) is 9.78 Å². The summed E-state index contributed by atoms with van der Waals surface area (Å²) < 4.78 is 15.4. The zero-order chi connectivity index (χ0) is 17.7. The molecule has 7 nitrogen and oxygen atoms in total. The van der Waals surface area contributed by atoms with Crippen LogP contribution in [0, 0.1) is 0 Å². The zero-order valence-corrected chi connectivity index (χ0v) is 14.1. The zero-order valence-electron chi connectivity index (χ0n) is 14.1. The van der Waals surface area contributed by atoms with Crippen LogP contribution in [0.3, 0.4) is 0 Å². The number of hydrogen-bond donors (Lipinski definition) is 1. The van der Waals surface area contributed by atoms with E-state index < -0.39 is 11.7 Å². The second kappa shape index (κ2) is 7.16. The summed E-state index contributed by atoms with van der Waals surface area (Å²) in [6.07, 6.45) is 1.99. The number of nitrogens with one attached hydrogen (secondary N) is 1. The van der Waals surface area contributed by atoms with E-state index in [0.29, 0.717) is 17.0 Å². The minimum atomic E-state index is -0.626.